The van der Waals surface area contributed by atoms with E-state index in [4.69, 9.17) is 4.98 Å². The summed E-state index contributed by atoms with van der Waals surface area (Å²) in [6.45, 7) is 8.08. The summed E-state index contributed by atoms with van der Waals surface area (Å²) in [4.78, 5) is 7.85. The molecule has 4 aromatic rings. The van der Waals surface area contributed by atoms with Crippen molar-refractivity contribution in [2.24, 2.45) is 0 Å². The first-order valence-electron chi connectivity index (χ1n) is 9.41. The van der Waals surface area contributed by atoms with Gasteiger partial charge in [0.25, 0.3) is 0 Å². The van der Waals surface area contributed by atoms with Crippen LogP contribution in [-0.4, -0.2) is 35.6 Å². The van der Waals surface area contributed by atoms with Crippen LogP contribution in [0.1, 0.15) is 11.3 Å². The maximum atomic E-state index is 5.08. The highest BCUT2D eigenvalue weighted by atomic mass is 32.1. The smallest absolute Gasteiger partial charge is 0.195 e. The van der Waals surface area contributed by atoms with Crippen molar-refractivity contribution in [1.29, 1.82) is 0 Å². The van der Waals surface area contributed by atoms with Crippen LogP contribution in [0.5, 0.6) is 0 Å². The maximum absolute atomic E-state index is 5.08. The van der Waals surface area contributed by atoms with Gasteiger partial charge in [-0.3, -0.25) is 4.40 Å². The number of nitrogens with two attached hydrogens (primary N) is 1. The van der Waals surface area contributed by atoms with Gasteiger partial charge in [0, 0.05) is 5.56 Å². The van der Waals surface area contributed by atoms with Gasteiger partial charge < -0.3 is 10.2 Å². The minimum atomic E-state index is 1.04. The van der Waals surface area contributed by atoms with Gasteiger partial charge in [-0.2, -0.15) is 0 Å². The van der Waals surface area contributed by atoms with E-state index >= 15 is 0 Å². The molecule has 2 aromatic carbocycles. The Hall–Kier alpha value is -2.21. The first-order valence-corrected chi connectivity index (χ1v) is 10.2. The molecule has 2 aromatic heterocycles. The Bertz CT molecular complexity index is 1050. The monoisotopic (exact) mass is 364 g/mol. The first-order chi connectivity index (χ1) is 12.8. The largest absolute Gasteiger partial charge is 0.337 e. The van der Waals surface area contributed by atoms with Crippen molar-refractivity contribution in [3.8, 4) is 11.3 Å². The van der Waals surface area contributed by atoms with Gasteiger partial charge in [0.05, 0.1) is 15.9 Å². The number of benzene rings is 2. The zero-order valence-electron chi connectivity index (χ0n) is 15.0. The van der Waals surface area contributed by atoms with Gasteiger partial charge in [0.2, 0.25) is 0 Å². The molecule has 0 saturated carbocycles. The number of thiazole rings is 1. The zero-order valence-corrected chi connectivity index (χ0v) is 15.9. The molecule has 3 heterocycles. The van der Waals surface area contributed by atoms with Gasteiger partial charge in [0.1, 0.15) is 38.4 Å². The Morgan fingerprint density at radius 2 is 1.85 bits per heavy atom. The number of nitrogens with zero attached hydrogens (tertiary/aromatic N) is 2. The number of fused-ring (bicyclic) bond motifs is 3. The number of hydrogen-bond donors (Lipinski definition) is 2. The van der Waals surface area contributed by atoms with Crippen molar-refractivity contribution in [1.82, 2.24) is 9.38 Å². The lowest BCUT2D eigenvalue weighted by Gasteiger charge is -2.22. The van der Waals surface area contributed by atoms with Gasteiger partial charge in [-0.05, 0) is 19.1 Å². The highest BCUT2D eigenvalue weighted by Gasteiger charge is 2.24. The third-order valence-corrected chi connectivity index (χ3v) is 6.42. The second-order valence-electron chi connectivity index (χ2n) is 7.25. The molecule has 1 saturated heterocycles. The highest BCUT2D eigenvalue weighted by molar-refractivity contribution is 7.23. The molecule has 0 amide bonds. The molecule has 5 rings (SSSR count). The predicted octanol–water partition coefficient (Wildman–Crippen LogP) is 1.49. The Kier molecular flexibility index (Phi) is 4.00. The van der Waals surface area contributed by atoms with E-state index in [1.54, 1.807) is 16.2 Å². The third kappa shape index (κ3) is 2.72. The van der Waals surface area contributed by atoms with Crippen LogP contribution in [0.2, 0.25) is 0 Å². The number of aryl methyl sites for hydroxylation is 1. The lowest BCUT2D eigenvalue weighted by Crippen LogP contribution is -3.19. The summed E-state index contributed by atoms with van der Waals surface area (Å²) in [6, 6.07) is 17.5. The van der Waals surface area contributed by atoms with Crippen LogP contribution in [-0.2, 0) is 6.54 Å². The van der Waals surface area contributed by atoms with Gasteiger partial charge in [-0.1, -0.05) is 53.3 Å². The molecule has 1 fully saturated rings. The number of para-hydroxylation sites is 1. The van der Waals surface area contributed by atoms with Crippen molar-refractivity contribution < 1.29 is 10.2 Å². The highest BCUT2D eigenvalue weighted by Crippen LogP contribution is 2.32. The SMILES string of the molecule is Cc1ccc(-c2nc3sc4ccccc4n3c2C[NH+]2CC[NH2+]CC2)cc1. The second-order valence-corrected chi connectivity index (χ2v) is 8.26. The Morgan fingerprint density at radius 1 is 1.08 bits per heavy atom. The number of rotatable bonds is 3. The fourth-order valence-electron chi connectivity index (χ4n) is 3.98. The molecule has 4 nitrogen and oxygen atoms in total. The molecule has 0 unspecified atom stereocenters. The number of piperazine rings is 1. The Balaban J connectivity index is 1.70. The van der Waals surface area contributed by atoms with Gasteiger partial charge in [-0.15, -0.1) is 0 Å². The zero-order chi connectivity index (χ0) is 17.5. The molecular formula is C21H24N4S+2. The van der Waals surface area contributed by atoms with Gasteiger partial charge in [-0.25, -0.2) is 4.98 Å². The molecule has 3 N–H and O–H groups in total. The molecule has 0 atom stereocenters. The quantitative estimate of drug-likeness (QED) is 0.568. The fraction of sp³-hybridized carbons (Fsp3) is 0.286. The summed E-state index contributed by atoms with van der Waals surface area (Å²) in [5.74, 6) is 0. The lowest BCUT2D eigenvalue weighted by atomic mass is 10.1. The minimum absolute atomic E-state index is 1.04. The lowest BCUT2D eigenvalue weighted by molar-refractivity contribution is -0.958. The molecule has 132 valence electrons. The summed E-state index contributed by atoms with van der Waals surface area (Å²) in [7, 11) is 0. The van der Waals surface area contributed by atoms with E-state index in [-0.39, 0.29) is 0 Å². The van der Waals surface area contributed by atoms with Crippen LogP contribution < -0.4 is 10.2 Å². The average molecular weight is 365 g/mol. The van der Waals surface area contributed by atoms with E-state index in [2.05, 4.69) is 65.2 Å². The van der Waals surface area contributed by atoms with Gasteiger partial charge in [0.15, 0.2) is 4.96 Å². The summed E-state index contributed by atoms with van der Waals surface area (Å²) in [5.41, 5.74) is 6.33. The van der Waals surface area contributed by atoms with Crippen LogP contribution in [0.4, 0.5) is 0 Å². The molecule has 1 aliphatic rings. The number of nitrogens with one attached hydrogen (secondary N) is 1. The summed E-state index contributed by atoms with van der Waals surface area (Å²) >= 11 is 1.79. The standard InChI is InChI=1S/C21H22N4S/c1-15-6-8-16(9-7-15)20-18(14-24-12-10-22-11-13-24)25-17-4-2-3-5-19(17)26-21(25)23-20/h2-9,22H,10-14H2,1H3/p+2. The van der Waals surface area contributed by atoms with E-state index in [0.29, 0.717) is 0 Å². The van der Waals surface area contributed by atoms with E-state index < -0.39 is 0 Å². The fourth-order valence-corrected chi connectivity index (χ4v) is 5.02. The average Bonchev–Trinajstić information content (AvgIpc) is 3.20. The van der Waals surface area contributed by atoms with Crippen LogP contribution in [0.15, 0.2) is 48.5 Å². The maximum Gasteiger partial charge on any atom is 0.195 e. The van der Waals surface area contributed by atoms with E-state index in [1.807, 2.05) is 0 Å². The number of quaternary nitrogens is 2. The third-order valence-electron chi connectivity index (χ3n) is 5.40. The van der Waals surface area contributed by atoms with Crippen molar-refractivity contribution in [3.05, 3.63) is 59.8 Å². The molecule has 5 heteroatoms. The number of aromatic nitrogens is 2. The summed E-state index contributed by atoms with van der Waals surface area (Å²) in [6.07, 6.45) is 0. The van der Waals surface area contributed by atoms with Crippen LogP contribution in [0, 0.1) is 6.92 Å². The van der Waals surface area contributed by atoms with Crippen molar-refractivity contribution in [2.45, 2.75) is 13.5 Å². The van der Waals surface area contributed by atoms with Crippen LogP contribution >= 0.6 is 11.3 Å². The minimum Gasteiger partial charge on any atom is -0.337 e. The second kappa shape index (κ2) is 6.50. The first kappa shape index (κ1) is 16.0. The Morgan fingerprint density at radius 3 is 2.65 bits per heavy atom. The number of hydrogen-bond acceptors (Lipinski definition) is 2. The van der Waals surface area contributed by atoms with E-state index in [1.165, 1.54) is 53.2 Å². The normalized spacial score (nSPS) is 15.9. The molecule has 0 bridgehead atoms. The molecule has 0 radical (unpaired) electrons. The van der Waals surface area contributed by atoms with Crippen molar-refractivity contribution in [2.75, 3.05) is 26.2 Å². The summed E-state index contributed by atoms with van der Waals surface area (Å²) in [5, 5.41) is 2.43. The Labute approximate surface area is 157 Å². The molecular weight excluding hydrogens is 340 g/mol. The van der Waals surface area contributed by atoms with Crippen LogP contribution in [0.3, 0.4) is 0 Å². The topological polar surface area (TPSA) is 38.4 Å². The predicted molar refractivity (Wildman–Crippen MR) is 107 cm³/mol. The molecule has 0 spiro atoms. The van der Waals surface area contributed by atoms with Gasteiger partial charge >= 0.3 is 0 Å². The van der Waals surface area contributed by atoms with Crippen molar-refractivity contribution >= 4 is 26.5 Å². The number of imidazole rings is 1. The molecule has 26 heavy (non-hydrogen) atoms. The molecule has 1 aliphatic heterocycles. The van der Waals surface area contributed by atoms with E-state index in [9.17, 15) is 0 Å². The molecule has 0 aliphatic carbocycles. The summed E-state index contributed by atoms with van der Waals surface area (Å²) < 4.78 is 3.72. The van der Waals surface area contributed by atoms with Crippen molar-refractivity contribution in [3.63, 3.8) is 0 Å². The van der Waals surface area contributed by atoms with Crippen LogP contribution in [0.25, 0.3) is 26.4 Å². The van der Waals surface area contributed by atoms with E-state index in [0.717, 1.165) is 17.2 Å².